The lowest BCUT2D eigenvalue weighted by molar-refractivity contribution is 0.104. The Morgan fingerprint density at radius 2 is 2.00 bits per heavy atom. The van der Waals surface area contributed by atoms with Gasteiger partial charge in [0, 0.05) is 0 Å². The molecule has 0 aliphatic rings. The highest BCUT2D eigenvalue weighted by molar-refractivity contribution is 6.08. The first kappa shape index (κ1) is 14.0. The summed E-state index contributed by atoms with van der Waals surface area (Å²) in [6, 6.07) is 11.5. The fourth-order valence-electron chi connectivity index (χ4n) is 1.89. The zero-order valence-electron chi connectivity index (χ0n) is 11.4. The van der Waals surface area contributed by atoms with Gasteiger partial charge in [-0.2, -0.15) is 0 Å². The molecule has 0 unspecified atom stereocenters. The van der Waals surface area contributed by atoms with Crippen LogP contribution >= 0.6 is 0 Å². The molecule has 0 heterocycles. The lowest BCUT2D eigenvalue weighted by atomic mass is 10.1. The number of carbonyl (C=O) groups excluding carboxylic acids is 1. The number of aryl methyl sites for hydroxylation is 1. The van der Waals surface area contributed by atoms with Crippen LogP contribution in [0.4, 0.5) is 4.39 Å². The van der Waals surface area contributed by atoms with E-state index in [9.17, 15) is 9.18 Å². The van der Waals surface area contributed by atoms with Gasteiger partial charge in [-0.3, -0.25) is 4.79 Å². The largest absolute Gasteiger partial charge is 0.496 e. The van der Waals surface area contributed by atoms with E-state index in [-0.39, 0.29) is 11.6 Å². The molecule has 0 radical (unpaired) electrons. The molecular formula is C17H15FO2. The summed E-state index contributed by atoms with van der Waals surface area (Å²) in [6.45, 7) is 1.91. The van der Waals surface area contributed by atoms with Crippen LogP contribution in [0.2, 0.25) is 0 Å². The second-order valence-electron chi connectivity index (χ2n) is 4.46. The molecule has 0 saturated heterocycles. The van der Waals surface area contributed by atoms with Crippen molar-refractivity contribution in [2.75, 3.05) is 7.11 Å². The van der Waals surface area contributed by atoms with Crippen LogP contribution in [0.1, 0.15) is 21.5 Å². The molecule has 0 aliphatic carbocycles. The number of rotatable bonds is 4. The maximum atomic E-state index is 13.0. The Labute approximate surface area is 117 Å². The Hall–Kier alpha value is -2.42. The monoisotopic (exact) mass is 270 g/mol. The van der Waals surface area contributed by atoms with Gasteiger partial charge in [0.15, 0.2) is 5.78 Å². The second kappa shape index (κ2) is 6.15. The zero-order valence-corrected chi connectivity index (χ0v) is 11.4. The first-order valence-corrected chi connectivity index (χ1v) is 6.23. The van der Waals surface area contributed by atoms with E-state index in [0.29, 0.717) is 16.9 Å². The van der Waals surface area contributed by atoms with Gasteiger partial charge in [0.05, 0.1) is 12.7 Å². The smallest absolute Gasteiger partial charge is 0.189 e. The minimum absolute atomic E-state index is 0.171. The Bertz CT molecular complexity index is 660. The molecule has 0 spiro atoms. The third-order valence-electron chi connectivity index (χ3n) is 2.90. The predicted molar refractivity (Wildman–Crippen MR) is 77.5 cm³/mol. The number of ketones is 1. The number of benzene rings is 2. The lowest BCUT2D eigenvalue weighted by Crippen LogP contribution is -1.99. The van der Waals surface area contributed by atoms with Crippen LogP contribution in [0.25, 0.3) is 6.08 Å². The van der Waals surface area contributed by atoms with Crippen LogP contribution < -0.4 is 4.74 Å². The molecule has 0 N–H and O–H groups in total. The molecule has 0 fully saturated rings. The number of hydrogen-bond donors (Lipinski definition) is 0. The van der Waals surface area contributed by atoms with Crippen molar-refractivity contribution in [3.8, 4) is 5.75 Å². The minimum Gasteiger partial charge on any atom is -0.496 e. The number of ether oxygens (including phenoxy) is 1. The molecule has 0 aromatic heterocycles. The van der Waals surface area contributed by atoms with E-state index >= 15 is 0 Å². The van der Waals surface area contributed by atoms with E-state index in [2.05, 4.69) is 0 Å². The van der Waals surface area contributed by atoms with Crippen molar-refractivity contribution in [3.63, 3.8) is 0 Å². The van der Waals surface area contributed by atoms with Crippen molar-refractivity contribution in [1.82, 2.24) is 0 Å². The van der Waals surface area contributed by atoms with Gasteiger partial charge in [0.1, 0.15) is 11.6 Å². The SMILES string of the molecule is COc1ccc(C)cc1C(=O)/C=C/c1cccc(F)c1. The van der Waals surface area contributed by atoms with Gasteiger partial charge in [-0.25, -0.2) is 4.39 Å². The summed E-state index contributed by atoms with van der Waals surface area (Å²) in [6.07, 6.45) is 3.01. The van der Waals surface area contributed by atoms with Crippen molar-refractivity contribution >= 4 is 11.9 Å². The Morgan fingerprint density at radius 1 is 1.20 bits per heavy atom. The van der Waals surface area contributed by atoms with Gasteiger partial charge < -0.3 is 4.74 Å². The number of allylic oxidation sites excluding steroid dienone is 1. The van der Waals surface area contributed by atoms with Gasteiger partial charge >= 0.3 is 0 Å². The molecule has 2 rings (SSSR count). The fraction of sp³-hybridized carbons (Fsp3) is 0.118. The maximum Gasteiger partial charge on any atom is 0.189 e. The van der Waals surface area contributed by atoms with Crippen LogP contribution in [0, 0.1) is 12.7 Å². The van der Waals surface area contributed by atoms with Crippen LogP contribution in [-0.4, -0.2) is 12.9 Å². The number of methoxy groups -OCH3 is 1. The quantitative estimate of drug-likeness (QED) is 0.619. The molecular weight excluding hydrogens is 255 g/mol. The molecule has 2 aromatic rings. The van der Waals surface area contributed by atoms with Crippen molar-refractivity contribution in [2.45, 2.75) is 6.92 Å². The highest BCUT2D eigenvalue weighted by Crippen LogP contribution is 2.21. The third kappa shape index (κ3) is 3.32. The number of halogens is 1. The summed E-state index contributed by atoms with van der Waals surface area (Å²) >= 11 is 0. The Balaban J connectivity index is 2.26. The lowest BCUT2D eigenvalue weighted by Gasteiger charge is -2.06. The van der Waals surface area contributed by atoms with Crippen LogP contribution in [0.15, 0.2) is 48.5 Å². The Kier molecular flexibility index (Phi) is 4.31. The standard InChI is InChI=1S/C17H15FO2/c1-12-6-9-17(20-2)15(10-12)16(19)8-7-13-4-3-5-14(18)11-13/h3-11H,1-2H3/b8-7+. The average molecular weight is 270 g/mol. The fourth-order valence-corrected chi connectivity index (χ4v) is 1.89. The molecule has 0 bridgehead atoms. The summed E-state index contributed by atoms with van der Waals surface area (Å²) in [7, 11) is 1.53. The van der Waals surface area contributed by atoms with E-state index in [1.807, 2.05) is 13.0 Å². The second-order valence-corrected chi connectivity index (χ2v) is 4.46. The van der Waals surface area contributed by atoms with E-state index in [1.165, 1.54) is 25.3 Å². The highest BCUT2D eigenvalue weighted by atomic mass is 19.1. The summed E-state index contributed by atoms with van der Waals surface area (Å²) in [5, 5.41) is 0. The summed E-state index contributed by atoms with van der Waals surface area (Å²) in [5.41, 5.74) is 2.12. The van der Waals surface area contributed by atoms with Gasteiger partial charge in [-0.1, -0.05) is 29.8 Å². The van der Waals surface area contributed by atoms with Gasteiger partial charge in [0.25, 0.3) is 0 Å². The van der Waals surface area contributed by atoms with E-state index < -0.39 is 0 Å². The summed E-state index contributed by atoms with van der Waals surface area (Å²) in [5.74, 6) is 0.0343. The zero-order chi connectivity index (χ0) is 14.5. The molecule has 3 heteroatoms. The summed E-state index contributed by atoms with van der Waals surface area (Å²) in [4.78, 5) is 12.2. The van der Waals surface area contributed by atoms with E-state index in [4.69, 9.17) is 4.74 Å². The first-order chi connectivity index (χ1) is 9.60. The normalized spacial score (nSPS) is 10.8. The molecule has 2 aromatic carbocycles. The molecule has 102 valence electrons. The summed E-state index contributed by atoms with van der Waals surface area (Å²) < 4.78 is 18.2. The number of carbonyl (C=O) groups is 1. The Morgan fingerprint density at radius 3 is 2.70 bits per heavy atom. The average Bonchev–Trinajstić information content (AvgIpc) is 2.45. The molecule has 0 atom stereocenters. The van der Waals surface area contributed by atoms with Crippen LogP contribution in [0.3, 0.4) is 0 Å². The highest BCUT2D eigenvalue weighted by Gasteiger charge is 2.09. The van der Waals surface area contributed by atoms with E-state index in [1.54, 1.807) is 30.3 Å². The van der Waals surface area contributed by atoms with E-state index in [0.717, 1.165) is 5.56 Å². The molecule has 2 nitrogen and oxygen atoms in total. The third-order valence-corrected chi connectivity index (χ3v) is 2.90. The van der Waals surface area contributed by atoms with Crippen LogP contribution in [-0.2, 0) is 0 Å². The van der Waals surface area contributed by atoms with Crippen molar-refractivity contribution in [2.24, 2.45) is 0 Å². The van der Waals surface area contributed by atoms with Gasteiger partial charge in [-0.15, -0.1) is 0 Å². The maximum absolute atomic E-state index is 13.0. The molecule has 0 aliphatic heterocycles. The van der Waals surface area contributed by atoms with Crippen molar-refractivity contribution in [1.29, 1.82) is 0 Å². The van der Waals surface area contributed by atoms with Crippen LogP contribution in [0.5, 0.6) is 5.75 Å². The van der Waals surface area contributed by atoms with Gasteiger partial charge in [0.2, 0.25) is 0 Å². The molecule has 0 saturated carbocycles. The number of hydrogen-bond acceptors (Lipinski definition) is 2. The predicted octanol–water partition coefficient (Wildman–Crippen LogP) is 4.04. The molecule has 20 heavy (non-hydrogen) atoms. The van der Waals surface area contributed by atoms with Crippen molar-refractivity contribution in [3.05, 3.63) is 71.0 Å². The topological polar surface area (TPSA) is 26.3 Å². The first-order valence-electron chi connectivity index (χ1n) is 6.23. The molecule has 0 amide bonds. The van der Waals surface area contributed by atoms with Crippen molar-refractivity contribution < 1.29 is 13.9 Å². The minimum atomic E-state index is -0.326. The van der Waals surface area contributed by atoms with Gasteiger partial charge in [-0.05, 0) is 42.8 Å².